The zero-order valence-corrected chi connectivity index (χ0v) is 7.50. The molecule has 0 heterocycles. The molecule has 2 atom stereocenters. The molecule has 0 N–H and O–H groups in total. The minimum absolute atomic E-state index is 0.292. The maximum Gasteiger partial charge on any atom is 0.0341 e. The van der Waals surface area contributed by atoms with Crippen LogP contribution >= 0.6 is 11.6 Å². The van der Waals surface area contributed by atoms with Gasteiger partial charge in [-0.3, -0.25) is 0 Å². The van der Waals surface area contributed by atoms with Crippen LogP contribution in [0.4, 0.5) is 0 Å². The molecule has 0 saturated heterocycles. The molecular formula is C8H16Cl. The highest BCUT2D eigenvalue weighted by molar-refractivity contribution is 6.20. The third-order valence-corrected chi connectivity index (χ3v) is 2.04. The van der Waals surface area contributed by atoms with E-state index in [-0.39, 0.29) is 0 Å². The Morgan fingerprint density at radius 2 is 1.89 bits per heavy atom. The topological polar surface area (TPSA) is 0 Å². The van der Waals surface area contributed by atoms with Crippen molar-refractivity contribution in [2.75, 3.05) is 0 Å². The van der Waals surface area contributed by atoms with Crippen molar-refractivity contribution in [2.24, 2.45) is 5.92 Å². The van der Waals surface area contributed by atoms with Gasteiger partial charge in [-0.1, -0.05) is 27.2 Å². The number of hydrogen-bond acceptors (Lipinski definition) is 0. The summed E-state index contributed by atoms with van der Waals surface area (Å²) in [6.07, 6.45) is 1.16. The molecule has 0 aliphatic rings. The summed E-state index contributed by atoms with van der Waals surface area (Å²) in [5, 5.41) is 0.292. The lowest BCUT2D eigenvalue weighted by Gasteiger charge is -2.20. The molecule has 0 amide bonds. The summed E-state index contributed by atoms with van der Waals surface area (Å²) in [5.41, 5.74) is 0. The normalized spacial score (nSPS) is 18.0. The van der Waals surface area contributed by atoms with Gasteiger partial charge in [0.2, 0.25) is 0 Å². The van der Waals surface area contributed by atoms with Gasteiger partial charge in [0.25, 0.3) is 0 Å². The molecule has 0 saturated carbocycles. The van der Waals surface area contributed by atoms with Crippen molar-refractivity contribution in [3.63, 3.8) is 0 Å². The Morgan fingerprint density at radius 3 is 1.89 bits per heavy atom. The quantitative estimate of drug-likeness (QED) is 0.538. The second kappa shape index (κ2) is 4.16. The summed E-state index contributed by atoms with van der Waals surface area (Å²) < 4.78 is 0. The molecule has 55 valence electrons. The standard InChI is InChI=1S/C8H16Cl/c1-5-8(6(2)3)7(4)9/h7-8H,5H2,1-4H3. The van der Waals surface area contributed by atoms with Gasteiger partial charge in [0, 0.05) is 5.38 Å². The zero-order chi connectivity index (χ0) is 7.44. The highest BCUT2D eigenvalue weighted by Crippen LogP contribution is 2.23. The zero-order valence-electron chi connectivity index (χ0n) is 6.74. The van der Waals surface area contributed by atoms with E-state index >= 15 is 0 Å². The predicted octanol–water partition coefficient (Wildman–Crippen LogP) is 3.25. The van der Waals surface area contributed by atoms with Crippen molar-refractivity contribution in [1.29, 1.82) is 0 Å². The van der Waals surface area contributed by atoms with Crippen molar-refractivity contribution < 1.29 is 0 Å². The lowest BCUT2D eigenvalue weighted by Crippen LogP contribution is -2.14. The van der Waals surface area contributed by atoms with Crippen LogP contribution in [0.15, 0.2) is 0 Å². The van der Waals surface area contributed by atoms with Gasteiger partial charge in [0.15, 0.2) is 0 Å². The van der Waals surface area contributed by atoms with E-state index in [1.54, 1.807) is 0 Å². The number of hydrogen-bond donors (Lipinski definition) is 0. The van der Waals surface area contributed by atoms with E-state index in [2.05, 4.69) is 27.7 Å². The first-order chi connectivity index (χ1) is 4.09. The van der Waals surface area contributed by atoms with E-state index < -0.39 is 0 Å². The van der Waals surface area contributed by atoms with Crippen LogP contribution in [0.3, 0.4) is 0 Å². The average molecular weight is 148 g/mol. The van der Waals surface area contributed by atoms with E-state index in [0.717, 1.165) is 6.42 Å². The van der Waals surface area contributed by atoms with Gasteiger partial charge in [0.05, 0.1) is 0 Å². The third-order valence-electron chi connectivity index (χ3n) is 1.74. The van der Waals surface area contributed by atoms with Crippen molar-refractivity contribution in [3.8, 4) is 0 Å². The maximum atomic E-state index is 5.92. The van der Waals surface area contributed by atoms with Crippen LogP contribution in [0.2, 0.25) is 0 Å². The van der Waals surface area contributed by atoms with Crippen LogP contribution in [0, 0.1) is 11.8 Å². The van der Waals surface area contributed by atoms with E-state index in [1.807, 2.05) is 0 Å². The van der Waals surface area contributed by atoms with Crippen LogP contribution < -0.4 is 0 Å². The molecule has 9 heavy (non-hydrogen) atoms. The average Bonchev–Trinajstić information content (AvgIpc) is 1.64. The summed E-state index contributed by atoms with van der Waals surface area (Å²) in [6, 6.07) is 0. The predicted molar refractivity (Wildman–Crippen MR) is 43.7 cm³/mol. The Hall–Kier alpha value is 0.290. The summed E-state index contributed by atoms with van der Waals surface area (Å²) >= 11 is 5.92. The molecular weight excluding hydrogens is 132 g/mol. The minimum atomic E-state index is 0.292. The molecule has 1 radical (unpaired) electrons. The van der Waals surface area contributed by atoms with Crippen LogP contribution in [0.1, 0.15) is 34.1 Å². The number of rotatable bonds is 3. The van der Waals surface area contributed by atoms with Gasteiger partial charge < -0.3 is 0 Å². The fourth-order valence-electron chi connectivity index (χ4n) is 1.19. The fourth-order valence-corrected chi connectivity index (χ4v) is 1.62. The Labute approximate surface area is 63.6 Å². The first kappa shape index (κ1) is 9.29. The molecule has 0 bridgehead atoms. The Bertz CT molecular complexity index is 59.0. The number of alkyl halides is 1. The highest BCUT2D eigenvalue weighted by atomic mass is 35.5. The van der Waals surface area contributed by atoms with Crippen molar-refractivity contribution in [3.05, 3.63) is 5.92 Å². The number of halogens is 1. The van der Waals surface area contributed by atoms with Gasteiger partial charge in [-0.15, -0.1) is 11.6 Å². The van der Waals surface area contributed by atoms with Crippen molar-refractivity contribution in [2.45, 2.75) is 39.5 Å². The van der Waals surface area contributed by atoms with Gasteiger partial charge in [-0.05, 0) is 18.8 Å². The molecule has 0 rings (SSSR count). The Kier molecular flexibility index (Phi) is 4.29. The summed E-state index contributed by atoms with van der Waals surface area (Å²) in [4.78, 5) is 0. The minimum Gasteiger partial charge on any atom is -0.123 e. The smallest absolute Gasteiger partial charge is 0.0341 e. The van der Waals surface area contributed by atoms with Gasteiger partial charge in [-0.2, -0.15) is 0 Å². The van der Waals surface area contributed by atoms with Crippen LogP contribution in [0.5, 0.6) is 0 Å². The monoisotopic (exact) mass is 147 g/mol. The van der Waals surface area contributed by atoms with Gasteiger partial charge in [-0.25, -0.2) is 0 Å². The molecule has 0 aromatic heterocycles. The molecule has 0 aromatic carbocycles. The highest BCUT2D eigenvalue weighted by Gasteiger charge is 2.16. The first-order valence-electron chi connectivity index (χ1n) is 3.53. The molecule has 2 unspecified atom stereocenters. The lowest BCUT2D eigenvalue weighted by molar-refractivity contribution is 0.519. The Balaban J connectivity index is 3.68. The van der Waals surface area contributed by atoms with Crippen LogP contribution in [-0.4, -0.2) is 5.38 Å². The van der Waals surface area contributed by atoms with Gasteiger partial charge >= 0.3 is 0 Å². The van der Waals surface area contributed by atoms with E-state index in [9.17, 15) is 0 Å². The fraction of sp³-hybridized carbons (Fsp3) is 0.875. The Morgan fingerprint density at radius 1 is 1.44 bits per heavy atom. The summed E-state index contributed by atoms with van der Waals surface area (Å²) in [5.74, 6) is 2.05. The molecule has 0 aliphatic heterocycles. The molecule has 0 aliphatic carbocycles. The SMILES string of the molecule is CCC([C](C)C)C(C)Cl. The van der Waals surface area contributed by atoms with E-state index in [0.29, 0.717) is 11.3 Å². The third kappa shape index (κ3) is 3.10. The molecule has 0 nitrogen and oxygen atoms in total. The van der Waals surface area contributed by atoms with Crippen LogP contribution in [0.25, 0.3) is 0 Å². The first-order valence-corrected chi connectivity index (χ1v) is 3.97. The maximum absolute atomic E-state index is 5.92. The van der Waals surface area contributed by atoms with Crippen molar-refractivity contribution >= 4 is 11.6 Å². The van der Waals surface area contributed by atoms with E-state index in [4.69, 9.17) is 11.6 Å². The summed E-state index contributed by atoms with van der Waals surface area (Å²) in [6.45, 7) is 8.53. The molecule has 0 spiro atoms. The molecule has 1 heteroatoms. The molecule has 0 aromatic rings. The molecule has 0 fully saturated rings. The second-order valence-corrected chi connectivity index (χ2v) is 3.46. The largest absolute Gasteiger partial charge is 0.123 e. The van der Waals surface area contributed by atoms with Crippen LogP contribution in [-0.2, 0) is 0 Å². The van der Waals surface area contributed by atoms with Gasteiger partial charge in [0.1, 0.15) is 0 Å². The lowest BCUT2D eigenvalue weighted by atomic mass is 9.91. The van der Waals surface area contributed by atoms with E-state index in [1.165, 1.54) is 5.92 Å². The van der Waals surface area contributed by atoms with Crippen molar-refractivity contribution in [1.82, 2.24) is 0 Å². The second-order valence-electron chi connectivity index (χ2n) is 2.77. The summed E-state index contributed by atoms with van der Waals surface area (Å²) in [7, 11) is 0.